The van der Waals surface area contributed by atoms with E-state index in [-0.39, 0.29) is 17.4 Å². The van der Waals surface area contributed by atoms with Gasteiger partial charge in [0.05, 0.1) is 26.5 Å². The Hall–Kier alpha value is -3.34. The van der Waals surface area contributed by atoms with E-state index in [2.05, 4.69) is 0 Å². The normalized spacial score (nSPS) is 37.0. The van der Waals surface area contributed by atoms with E-state index in [0.717, 1.165) is 0 Å². The van der Waals surface area contributed by atoms with Crippen LogP contribution in [0.4, 0.5) is 0 Å². The van der Waals surface area contributed by atoms with Crippen molar-refractivity contribution in [3.63, 3.8) is 0 Å². The van der Waals surface area contributed by atoms with E-state index in [4.69, 9.17) is 23.4 Å². The molecule has 1 aromatic carbocycles. The second kappa shape index (κ2) is 9.42. The fourth-order valence-corrected chi connectivity index (χ4v) is 10.1. The molecule has 10 nitrogen and oxygen atoms in total. The molecule has 4 fully saturated rings. The van der Waals surface area contributed by atoms with Gasteiger partial charge in [-0.15, -0.1) is 11.8 Å². The van der Waals surface area contributed by atoms with Crippen molar-refractivity contribution in [3.8, 4) is 0 Å². The Labute approximate surface area is 277 Å². The number of carbonyl (C=O) groups is 4. The summed E-state index contributed by atoms with van der Waals surface area (Å²) in [6.07, 6.45) is -0.421. The topological polar surface area (TPSA) is 135 Å². The minimum absolute atomic E-state index is 0.240. The molecule has 7 rings (SSSR count). The third-order valence-electron chi connectivity index (χ3n) is 13.2. The Morgan fingerprint density at radius 2 is 1.34 bits per heavy atom. The van der Waals surface area contributed by atoms with Crippen molar-refractivity contribution in [3.05, 3.63) is 39.7 Å². The zero-order valence-corrected chi connectivity index (χ0v) is 29.2. The van der Waals surface area contributed by atoms with Gasteiger partial charge < -0.3 is 23.4 Å². The van der Waals surface area contributed by atoms with Crippen LogP contribution in [-0.2, 0) is 44.5 Å². The molecule has 4 unspecified atom stereocenters. The standard InChI is InChI=1S/C36H42O10S/c1-10-18-17-20(37)19-11-12-21-22(23(19)42-18)24(43-28(40)35-15-13-33(8,26(38)45-35)31(35,4)5)25(30(2,3)47-21)44-29(41)36-16-14-34(9,27(39)46-36)32(36,6)7/h11-12,17,24-25H,10,13-16H2,1-9H3/t24-,25-,33?,34?,35?,36?/m1/s1. The highest BCUT2D eigenvalue weighted by molar-refractivity contribution is 8.00. The number of rotatable bonds is 5. The van der Waals surface area contributed by atoms with Crippen LogP contribution in [0.25, 0.3) is 11.0 Å². The molecule has 0 amide bonds. The molecule has 1 aromatic heterocycles. The van der Waals surface area contributed by atoms with Gasteiger partial charge in [-0.05, 0) is 65.5 Å². The Balaban J connectivity index is 1.38. The number of aryl methyl sites for hydroxylation is 1. The van der Waals surface area contributed by atoms with Crippen LogP contribution in [0.2, 0.25) is 0 Å². The lowest BCUT2D eigenvalue weighted by Gasteiger charge is -2.45. The molecule has 2 aliphatic carbocycles. The molecule has 2 aromatic rings. The third kappa shape index (κ3) is 3.67. The smallest absolute Gasteiger partial charge is 0.351 e. The van der Waals surface area contributed by atoms with Gasteiger partial charge in [0.1, 0.15) is 11.3 Å². The lowest BCUT2D eigenvalue weighted by Crippen LogP contribution is -2.55. The second-order valence-electron chi connectivity index (χ2n) is 16.0. The van der Waals surface area contributed by atoms with Gasteiger partial charge in [-0.3, -0.25) is 14.4 Å². The fraction of sp³-hybridized carbons (Fsp3) is 0.639. The van der Waals surface area contributed by atoms with Crippen LogP contribution in [0, 0.1) is 21.7 Å². The highest BCUT2D eigenvalue weighted by atomic mass is 32.2. The number of esters is 4. The summed E-state index contributed by atoms with van der Waals surface area (Å²) in [4.78, 5) is 69.1. The van der Waals surface area contributed by atoms with Crippen molar-refractivity contribution in [2.75, 3.05) is 0 Å². The van der Waals surface area contributed by atoms with E-state index in [0.29, 0.717) is 47.3 Å². The number of carbonyl (C=O) groups excluding carboxylic acids is 4. The van der Waals surface area contributed by atoms with Gasteiger partial charge in [-0.1, -0.05) is 34.6 Å². The number of fused-ring (bicyclic) bond motifs is 7. The summed E-state index contributed by atoms with van der Waals surface area (Å²) in [5.41, 5.74) is -6.18. The predicted molar refractivity (Wildman–Crippen MR) is 170 cm³/mol. The molecule has 0 radical (unpaired) electrons. The van der Waals surface area contributed by atoms with E-state index in [1.165, 1.54) is 17.8 Å². The maximum Gasteiger partial charge on any atom is 0.351 e. The number of thioether (sulfide) groups is 1. The highest BCUT2D eigenvalue weighted by Crippen LogP contribution is 2.68. The van der Waals surface area contributed by atoms with Gasteiger partial charge >= 0.3 is 23.9 Å². The molecular weight excluding hydrogens is 624 g/mol. The Kier molecular flexibility index (Phi) is 6.46. The number of hydrogen-bond acceptors (Lipinski definition) is 11. The maximum atomic E-state index is 14.5. The summed E-state index contributed by atoms with van der Waals surface area (Å²) in [6, 6.07) is 4.92. The fourth-order valence-electron chi connectivity index (χ4n) is 8.81. The van der Waals surface area contributed by atoms with Crippen molar-refractivity contribution in [1.82, 2.24) is 0 Å². The molecule has 4 bridgehead atoms. The molecular formula is C36H42O10S. The molecule has 252 valence electrons. The third-order valence-corrected chi connectivity index (χ3v) is 14.5. The van der Waals surface area contributed by atoms with E-state index in [9.17, 15) is 24.0 Å². The lowest BCUT2D eigenvalue weighted by molar-refractivity contribution is -0.204. The minimum Gasteiger partial charge on any atom is -0.460 e. The molecule has 6 atom stereocenters. The van der Waals surface area contributed by atoms with Gasteiger partial charge in [0, 0.05) is 28.2 Å². The Morgan fingerprint density at radius 1 is 0.809 bits per heavy atom. The van der Waals surface area contributed by atoms with Gasteiger partial charge in [0.15, 0.2) is 17.6 Å². The molecule has 11 heteroatoms. The van der Waals surface area contributed by atoms with Crippen LogP contribution >= 0.6 is 11.8 Å². The summed E-state index contributed by atoms with van der Waals surface area (Å²) in [6.45, 7) is 16.6. The van der Waals surface area contributed by atoms with E-state index in [1.807, 2.05) is 62.3 Å². The van der Waals surface area contributed by atoms with Crippen LogP contribution in [0.3, 0.4) is 0 Å². The zero-order chi connectivity index (χ0) is 34.3. The number of ether oxygens (including phenoxy) is 4. The summed E-state index contributed by atoms with van der Waals surface area (Å²) in [5, 5.41) is 0.294. The molecule has 0 N–H and O–H groups in total. The van der Waals surface area contributed by atoms with E-state index >= 15 is 0 Å². The average Bonchev–Trinajstić information content (AvgIpc) is 3.46. The summed E-state index contributed by atoms with van der Waals surface area (Å²) in [7, 11) is 0. The maximum absolute atomic E-state index is 14.5. The van der Waals surface area contributed by atoms with Crippen molar-refractivity contribution < 1.29 is 42.5 Å². The molecule has 0 spiro atoms. The largest absolute Gasteiger partial charge is 0.460 e. The minimum atomic E-state index is -1.56. The second-order valence-corrected chi connectivity index (χ2v) is 17.7. The van der Waals surface area contributed by atoms with Crippen molar-refractivity contribution in [1.29, 1.82) is 0 Å². The number of hydrogen-bond donors (Lipinski definition) is 0. The van der Waals surface area contributed by atoms with Gasteiger partial charge in [-0.2, -0.15) is 0 Å². The van der Waals surface area contributed by atoms with Crippen LogP contribution in [0.15, 0.2) is 32.3 Å². The van der Waals surface area contributed by atoms with E-state index < -0.39 is 73.7 Å². The molecule has 5 aliphatic rings. The van der Waals surface area contributed by atoms with Crippen molar-refractivity contribution in [2.24, 2.45) is 21.7 Å². The molecule has 47 heavy (non-hydrogen) atoms. The van der Waals surface area contributed by atoms with Crippen LogP contribution in [0.5, 0.6) is 0 Å². The monoisotopic (exact) mass is 666 g/mol. The van der Waals surface area contributed by atoms with Crippen LogP contribution in [-0.4, -0.2) is 45.9 Å². The Morgan fingerprint density at radius 3 is 1.81 bits per heavy atom. The SMILES string of the molecule is CCc1cc(=O)c2ccc3c(c2o1)[C@@H](OC(=O)C12CCC(C)(C(=O)O1)C2(C)C)[C@@H](OC(=O)C12CCC(C)(C(=O)O1)C2(C)C)C(C)(C)S3. The first-order valence-electron chi connectivity index (χ1n) is 16.4. The molecule has 2 saturated heterocycles. The first kappa shape index (κ1) is 32.2. The quantitative estimate of drug-likeness (QED) is 0.275. The van der Waals surface area contributed by atoms with Gasteiger partial charge in [0.2, 0.25) is 11.2 Å². The van der Waals surface area contributed by atoms with Gasteiger partial charge in [-0.25, -0.2) is 9.59 Å². The first-order valence-corrected chi connectivity index (χ1v) is 17.2. The van der Waals surface area contributed by atoms with Gasteiger partial charge in [0.25, 0.3) is 0 Å². The Bertz CT molecular complexity index is 1860. The molecule has 3 aliphatic heterocycles. The van der Waals surface area contributed by atoms with Crippen molar-refractivity contribution >= 4 is 46.6 Å². The summed E-state index contributed by atoms with van der Waals surface area (Å²) >= 11 is 1.41. The first-order chi connectivity index (χ1) is 21.7. The lowest BCUT2D eigenvalue weighted by atomic mass is 9.66. The predicted octanol–water partition coefficient (Wildman–Crippen LogP) is 5.98. The average molecular weight is 667 g/mol. The summed E-state index contributed by atoms with van der Waals surface area (Å²) < 4.78 is 30.1. The molecule has 4 heterocycles. The van der Waals surface area contributed by atoms with E-state index in [1.54, 1.807) is 12.1 Å². The van der Waals surface area contributed by atoms with Crippen molar-refractivity contribution in [2.45, 2.75) is 127 Å². The number of benzene rings is 1. The van der Waals surface area contributed by atoms with Crippen LogP contribution < -0.4 is 5.43 Å². The zero-order valence-electron chi connectivity index (χ0n) is 28.4. The highest BCUT2D eigenvalue weighted by Gasteiger charge is 2.78. The summed E-state index contributed by atoms with van der Waals surface area (Å²) in [5.74, 6) is -1.90. The van der Waals surface area contributed by atoms with Crippen LogP contribution in [0.1, 0.15) is 105 Å². The molecule has 2 saturated carbocycles.